The molecule has 0 aromatic heterocycles. The topological polar surface area (TPSA) is 24.7 Å². The SMILES string of the molecule is C=C/C(=C\C)C(C=NC(C)C)=Nc1ccccc1. The fourth-order valence-corrected chi connectivity index (χ4v) is 1.40. The summed E-state index contributed by atoms with van der Waals surface area (Å²) in [7, 11) is 0. The van der Waals surface area contributed by atoms with Gasteiger partial charge < -0.3 is 0 Å². The summed E-state index contributed by atoms with van der Waals surface area (Å²) in [6.45, 7) is 9.87. The highest BCUT2D eigenvalue weighted by Gasteiger charge is 2.01. The molecule has 18 heavy (non-hydrogen) atoms. The lowest BCUT2D eigenvalue weighted by Gasteiger charge is -2.03. The number of hydrogen-bond donors (Lipinski definition) is 0. The number of para-hydroxylation sites is 1. The zero-order valence-corrected chi connectivity index (χ0v) is 11.3. The first-order valence-corrected chi connectivity index (χ1v) is 6.13. The van der Waals surface area contributed by atoms with E-state index in [0.29, 0.717) is 0 Å². The van der Waals surface area contributed by atoms with E-state index >= 15 is 0 Å². The van der Waals surface area contributed by atoms with Crippen molar-refractivity contribution in [3.05, 3.63) is 54.6 Å². The molecule has 0 atom stereocenters. The fraction of sp³-hybridized carbons (Fsp3) is 0.250. The van der Waals surface area contributed by atoms with Crippen LogP contribution in [-0.2, 0) is 0 Å². The van der Waals surface area contributed by atoms with Crippen LogP contribution in [-0.4, -0.2) is 18.0 Å². The number of hydrogen-bond acceptors (Lipinski definition) is 2. The van der Waals surface area contributed by atoms with Crippen molar-refractivity contribution in [2.45, 2.75) is 26.8 Å². The molecule has 94 valence electrons. The van der Waals surface area contributed by atoms with Crippen LogP contribution in [0.3, 0.4) is 0 Å². The number of rotatable bonds is 5. The maximum Gasteiger partial charge on any atom is 0.0883 e. The highest BCUT2D eigenvalue weighted by molar-refractivity contribution is 6.39. The normalized spacial score (nSPS) is 13.3. The van der Waals surface area contributed by atoms with Gasteiger partial charge >= 0.3 is 0 Å². The van der Waals surface area contributed by atoms with Crippen molar-refractivity contribution in [1.29, 1.82) is 0 Å². The Labute approximate surface area is 109 Å². The lowest BCUT2D eigenvalue weighted by molar-refractivity contribution is 0.842. The lowest BCUT2D eigenvalue weighted by Crippen LogP contribution is -2.04. The van der Waals surface area contributed by atoms with Crippen LogP contribution in [0, 0.1) is 0 Å². The molecule has 0 bridgehead atoms. The Kier molecular flexibility index (Phi) is 5.78. The minimum Gasteiger partial charge on any atom is -0.288 e. The quantitative estimate of drug-likeness (QED) is 0.539. The van der Waals surface area contributed by atoms with Crippen molar-refractivity contribution < 1.29 is 0 Å². The van der Waals surface area contributed by atoms with Crippen LogP contribution in [0.25, 0.3) is 0 Å². The zero-order chi connectivity index (χ0) is 13.4. The molecule has 0 radical (unpaired) electrons. The molecule has 0 aliphatic heterocycles. The fourth-order valence-electron chi connectivity index (χ4n) is 1.40. The summed E-state index contributed by atoms with van der Waals surface area (Å²) < 4.78 is 0. The Morgan fingerprint density at radius 2 is 1.89 bits per heavy atom. The van der Waals surface area contributed by atoms with Crippen LogP contribution < -0.4 is 0 Å². The molecule has 0 amide bonds. The molecule has 2 nitrogen and oxygen atoms in total. The van der Waals surface area contributed by atoms with Crippen molar-refractivity contribution in [2.24, 2.45) is 9.98 Å². The third kappa shape index (κ3) is 4.50. The summed E-state index contributed by atoms with van der Waals surface area (Å²) >= 11 is 0. The minimum absolute atomic E-state index is 0.258. The molecule has 0 saturated heterocycles. The third-order valence-electron chi connectivity index (χ3n) is 2.33. The summed E-state index contributed by atoms with van der Waals surface area (Å²) in [4.78, 5) is 8.99. The van der Waals surface area contributed by atoms with E-state index < -0.39 is 0 Å². The van der Waals surface area contributed by atoms with E-state index in [4.69, 9.17) is 0 Å². The van der Waals surface area contributed by atoms with Gasteiger partial charge in [-0.15, -0.1) is 0 Å². The third-order valence-corrected chi connectivity index (χ3v) is 2.33. The number of nitrogens with zero attached hydrogens (tertiary/aromatic N) is 2. The van der Waals surface area contributed by atoms with Gasteiger partial charge in [0.15, 0.2) is 0 Å². The Balaban J connectivity index is 3.12. The molecule has 0 fully saturated rings. The molecule has 0 saturated carbocycles. The van der Waals surface area contributed by atoms with E-state index in [1.807, 2.05) is 63.4 Å². The first-order valence-electron chi connectivity index (χ1n) is 6.13. The van der Waals surface area contributed by atoms with Crippen LogP contribution in [0.15, 0.2) is 64.6 Å². The van der Waals surface area contributed by atoms with Crippen molar-refractivity contribution in [2.75, 3.05) is 0 Å². The van der Waals surface area contributed by atoms with Crippen LogP contribution in [0.4, 0.5) is 5.69 Å². The maximum atomic E-state index is 4.60. The lowest BCUT2D eigenvalue weighted by atomic mass is 10.1. The monoisotopic (exact) mass is 240 g/mol. The van der Waals surface area contributed by atoms with E-state index in [2.05, 4.69) is 16.6 Å². The van der Waals surface area contributed by atoms with E-state index in [9.17, 15) is 0 Å². The van der Waals surface area contributed by atoms with E-state index in [-0.39, 0.29) is 6.04 Å². The van der Waals surface area contributed by atoms with Gasteiger partial charge in [0.25, 0.3) is 0 Å². The van der Waals surface area contributed by atoms with Gasteiger partial charge in [-0.3, -0.25) is 4.99 Å². The van der Waals surface area contributed by atoms with Crippen LogP contribution in [0.5, 0.6) is 0 Å². The largest absolute Gasteiger partial charge is 0.288 e. The molecule has 0 unspecified atom stereocenters. The molecular weight excluding hydrogens is 220 g/mol. The van der Waals surface area contributed by atoms with E-state index in [0.717, 1.165) is 17.0 Å². The van der Waals surface area contributed by atoms with Gasteiger partial charge in [-0.05, 0) is 38.5 Å². The average molecular weight is 240 g/mol. The first kappa shape index (κ1) is 14.1. The van der Waals surface area contributed by atoms with Crippen molar-refractivity contribution >= 4 is 17.6 Å². The van der Waals surface area contributed by atoms with Crippen molar-refractivity contribution in [1.82, 2.24) is 0 Å². The minimum atomic E-state index is 0.258. The van der Waals surface area contributed by atoms with Crippen molar-refractivity contribution in [3.8, 4) is 0 Å². The number of aliphatic imine (C=N–C) groups is 2. The Morgan fingerprint density at radius 1 is 1.22 bits per heavy atom. The predicted molar refractivity (Wildman–Crippen MR) is 81.1 cm³/mol. The molecular formula is C16H20N2. The Bertz CT molecular complexity index is 465. The highest BCUT2D eigenvalue weighted by atomic mass is 14.8. The molecule has 0 heterocycles. The molecule has 0 aliphatic carbocycles. The second-order valence-corrected chi connectivity index (χ2v) is 4.15. The van der Waals surface area contributed by atoms with E-state index in [1.54, 1.807) is 6.08 Å². The molecule has 1 aromatic carbocycles. The summed E-state index contributed by atoms with van der Waals surface area (Å²) in [6.07, 6.45) is 5.60. The van der Waals surface area contributed by atoms with Gasteiger partial charge in [0.05, 0.1) is 11.4 Å². The summed E-state index contributed by atoms with van der Waals surface area (Å²) in [5.41, 5.74) is 2.75. The zero-order valence-electron chi connectivity index (χ0n) is 11.3. The highest BCUT2D eigenvalue weighted by Crippen LogP contribution is 2.12. The van der Waals surface area contributed by atoms with Gasteiger partial charge in [-0.25, -0.2) is 4.99 Å². The second kappa shape index (κ2) is 7.38. The number of allylic oxidation sites excluding steroid dienone is 3. The standard InChI is InChI=1S/C16H20N2/c1-5-14(6-2)16(12-17-13(3)4)18-15-10-8-7-9-11-15/h5-13H,1H2,2-4H3/b14-6+,17-12?,18-16?. The molecule has 1 aromatic rings. The second-order valence-electron chi connectivity index (χ2n) is 4.15. The Hall–Kier alpha value is -1.96. The van der Waals surface area contributed by atoms with Crippen molar-refractivity contribution in [3.63, 3.8) is 0 Å². The van der Waals surface area contributed by atoms with Crippen LogP contribution in [0.2, 0.25) is 0 Å². The maximum absolute atomic E-state index is 4.60. The van der Waals surface area contributed by atoms with Gasteiger partial charge in [0, 0.05) is 12.3 Å². The van der Waals surface area contributed by atoms with Crippen LogP contribution in [0.1, 0.15) is 20.8 Å². The van der Waals surface area contributed by atoms with Gasteiger partial charge in [-0.1, -0.05) is 36.9 Å². The summed E-state index contributed by atoms with van der Waals surface area (Å²) in [5, 5.41) is 0. The van der Waals surface area contributed by atoms with Gasteiger partial charge in [-0.2, -0.15) is 0 Å². The van der Waals surface area contributed by atoms with E-state index in [1.165, 1.54) is 0 Å². The molecule has 0 N–H and O–H groups in total. The molecule has 2 heteroatoms. The van der Waals surface area contributed by atoms with Gasteiger partial charge in [0.1, 0.15) is 0 Å². The Morgan fingerprint density at radius 3 is 2.39 bits per heavy atom. The predicted octanol–water partition coefficient (Wildman–Crippen LogP) is 4.37. The molecule has 0 spiro atoms. The van der Waals surface area contributed by atoms with Crippen LogP contribution >= 0.6 is 0 Å². The molecule has 0 aliphatic rings. The summed E-state index contributed by atoms with van der Waals surface area (Å²) in [6, 6.07) is 10.1. The van der Waals surface area contributed by atoms with Gasteiger partial charge in [0.2, 0.25) is 0 Å². The smallest absolute Gasteiger partial charge is 0.0883 e. The molecule has 1 rings (SSSR count). The first-order chi connectivity index (χ1) is 8.67. The number of benzene rings is 1. The summed E-state index contributed by atoms with van der Waals surface area (Å²) in [5.74, 6) is 0. The average Bonchev–Trinajstić information content (AvgIpc) is 2.38.